The lowest BCUT2D eigenvalue weighted by Gasteiger charge is -2.10. The van der Waals surface area contributed by atoms with Gasteiger partial charge in [-0.05, 0) is 20.0 Å². The fourth-order valence-electron chi connectivity index (χ4n) is 1.31. The molecular formula is C11H19N3O2. The standard InChI is InChI=1S/C11H19N3O2/c1-8(2)9-10(16-7-13-9)11(15)12-5-6-14(3)4/h7-8H,5-6H2,1-4H3,(H,12,15). The molecule has 5 heteroatoms. The summed E-state index contributed by atoms with van der Waals surface area (Å²) in [5, 5.41) is 2.80. The Morgan fingerprint density at radius 3 is 2.81 bits per heavy atom. The first-order chi connectivity index (χ1) is 7.52. The van der Waals surface area contributed by atoms with Gasteiger partial charge in [-0.1, -0.05) is 13.8 Å². The van der Waals surface area contributed by atoms with Crippen LogP contribution in [0, 0.1) is 0 Å². The molecule has 0 unspecified atom stereocenters. The zero-order chi connectivity index (χ0) is 12.1. The highest BCUT2D eigenvalue weighted by atomic mass is 16.3. The quantitative estimate of drug-likeness (QED) is 0.815. The molecule has 1 aromatic heterocycles. The van der Waals surface area contributed by atoms with Crippen LogP contribution in [0.3, 0.4) is 0 Å². The Kier molecular flexibility index (Phi) is 4.49. The minimum absolute atomic E-state index is 0.188. The summed E-state index contributed by atoms with van der Waals surface area (Å²) in [7, 11) is 3.92. The van der Waals surface area contributed by atoms with Crippen molar-refractivity contribution in [1.82, 2.24) is 15.2 Å². The molecule has 1 rings (SSSR count). The molecule has 0 aromatic carbocycles. The van der Waals surface area contributed by atoms with E-state index in [1.54, 1.807) is 0 Å². The monoisotopic (exact) mass is 225 g/mol. The Labute approximate surface area is 95.8 Å². The lowest BCUT2D eigenvalue weighted by atomic mass is 10.1. The van der Waals surface area contributed by atoms with E-state index in [4.69, 9.17) is 4.42 Å². The summed E-state index contributed by atoms with van der Waals surface area (Å²) in [6.07, 6.45) is 1.32. The van der Waals surface area contributed by atoms with Crippen molar-refractivity contribution in [1.29, 1.82) is 0 Å². The van der Waals surface area contributed by atoms with Crippen LogP contribution in [0.5, 0.6) is 0 Å². The Balaban J connectivity index is 2.56. The molecule has 0 saturated heterocycles. The molecule has 0 aliphatic carbocycles. The summed E-state index contributed by atoms with van der Waals surface area (Å²) in [5.41, 5.74) is 0.711. The van der Waals surface area contributed by atoms with Crippen LogP contribution in [-0.2, 0) is 0 Å². The lowest BCUT2D eigenvalue weighted by Crippen LogP contribution is -2.31. The molecule has 0 atom stereocenters. The number of hydrogen-bond donors (Lipinski definition) is 1. The van der Waals surface area contributed by atoms with Crippen molar-refractivity contribution >= 4 is 5.91 Å². The van der Waals surface area contributed by atoms with E-state index < -0.39 is 0 Å². The molecule has 0 fully saturated rings. The molecule has 1 amide bonds. The summed E-state index contributed by atoms with van der Waals surface area (Å²) in [6, 6.07) is 0. The largest absolute Gasteiger partial charge is 0.438 e. The summed E-state index contributed by atoms with van der Waals surface area (Å²) < 4.78 is 5.11. The first-order valence-corrected chi connectivity index (χ1v) is 5.38. The second-order valence-corrected chi connectivity index (χ2v) is 4.28. The fourth-order valence-corrected chi connectivity index (χ4v) is 1.31. The molecule has 0 aliphatic heterocycles. The van der Waals surface area contributed by atoms with Crippen molar-refractivity contribution in [2.75, 3.05) is 27.2 Å². The molecule has 1 aromatic rings. The Hall–Kier alpha value is -1.36. The Morgan fingerprint density at radius 1 is 1.56 bits per heavy atom. The first kappa shape index (κ1) is 12.7. The van der Waals surface area contributed by atoms with Crippen molar-refractivity contribution in [3.63, 3.8) is 0 Å². The number of likely N-dealkylation sites (N-methyl/N-ethyl adjacent to an activating group) is 1. The molecule has 1 N–H and O–H groups in total. The zero-order valence-corrected chi connectivity index (χ0v) is 10.3. The second kappa shape index (κ2) is 5.65. The van der Waals surface area contributed by atoms with Gasteiger partial charge in [0.05, 0.1) is 5.69 Å². The van der Waals surface area contributed by atoms with Crippen LogP contribution in [0.2, 0.25) is 0 Å². The first-order valence-electron chi connectivity index (χ1n) is 5.38. The van der Waals surface area contributed by atoms with Crippen LogP contribution in [0.4, 0.5) is 0 Å². The van der Waals surface area contributed by atoms with E-state index in [9.17, 15) is 4.79 Å². The molecule has 5 nitrogen and oxygen atoms in total. The van der Waals surface area contributed by atoms with Gasteiger partial charge in [0, 0.05) is 13.1 Å². The highest BCUT2D eigenvalue weighted by Gasteiger charge is 2.18. The molecule has 0 spiro atoms. The molecule has 0 bridgehead atoms. The third-order valence-corrected chi connectivity index (χ3v) is 2.19. The van der Waals surface area contributed by atoms with E-state index in [1.807, 2.05) is 32.8 Å². The number of rotatable bonds is 5. The average molecular weight is 225 g/mol. The van der Waals surface area contributed by atoms with Gasteiger partial charge in [-0.15, -0.1) is 0 Å². The maximum Gasteiger partial charge on any atom is 0.289 e. The van der Waals surface area contributed by atoms with E-state index in [0.717, 1.165) is 6.54 Å². The summed E-state index contributed by atoms with van der Waals surface area (Å²) in [6.45, 7) is 5.36. The van der Waals surface area contributed by atoms with Crippen LogP contribution in [0.1, 0.15) is 36.0 Å². The van der Waals surface area contributed by atoms with Gasteiger partial charge >= 0.3 is 0 Å². The normalized spacial score (nSPS) is 11.1. The Morgan fingerprint density at radius 2 is 2.25 bits per heavy atom. The lowest BCUT2D eigenvalue weighted by molar-refractivity contribution is 0.0921. The van der Waals surface area contributed by atoms with Crippen LogP contribution in [0.25, 0.3) is 0 Å². The molecular weight excluding hydrogens is 206 g/mol. The van der Waals surface area contributed by atoms with Crippen LogP contribution in [-0.4, -0.2) is 43.0 Å². The third-order valence-electron chi connectivity index (χ3n) is 2.19. The van der Waals surface area contributed by atoms with E-state index in [-0.39, 0.29) is 11.8 Å². The molecule has 90 valence electrons. The summed E-state index contributed by atoms with van der Waals surface area (Å²) in [4.78, 5) is 17.8. The number of hydrogen-bond acceptors (Lipinski definition) is 4. The number of oxazole rings is 1. The highest BCUT2D eigenvalue weighted by Crippen LogP contribution is 2.16. The van der Waals surface area contributed by atoms with Crippen molar-refractivity contribution in [2.45, 2.75) is 19.8 Å². The van der Waals surface area contributed by atoms with Crippen LogP contribution >= 0.6 is 0 Å². The van der Waals surface area contributed by atoms with Crippen molar-refractivity contribution < 1.29 is 9.21 Å². The average Bonchev–Trinajstić information content (AvgIpc) is 2.65. The second-order valence-electron chi connectivity index (χ2n) is 4.28. The van der Waals surface area contributed by atoms with Gasteiger partial charge in [-0.25, -0.2) is 4.98 Å². The van der Waals surface area contributed by atoms with Crippen molar-refractivity contribution in [2.24, 2.45) is 0 Å². The minimum atomic E-state index is -0.192. The number of nitrogens with one attached hydrogen (secondary N) is 1. The van der Waals surface area contributed by atoms with Gasteiger partial charge in [-0.3, -0.25) is 4.79 Å². The molecule has 0 saturated carbocycles. The van der Waals surface area contributed by atoms with Crippen LogP contribution < -0.4 is 5.32 Å². The fraction of sp³-hybridized carbons (Fsp3) is 0.636. The van der Waals surface area contributed by atoms with E-state index in [2.05, 4.69) is 10.3 Å². The predicted molar refractivity (Wildman–Crippen MR) is 61.5 cm³/mol. The van der Waals surface area contributed by atoms with E-state index in [1.165, 1.54) is 6.39 Å². The van der Waals surface area contributed by atoms with Gasteiger partial charge in [-0.2, -0.15) is 0 Å². The highest BCUT2D eigenvalue weighted by molar-refractivity contribution is 5.92. The number of amides is 1. The Bertz CT molecular complexity index is 345. The van der Waals surface area contributed by atoms with Gasteiger partial charge in [0.1, 0.15) is 0 Å². The smallest absolute Gasteiger partial charge is 0.289 e. The maximum atomic E-state index is 11.7. The summed E-state index contributed by atoms with van der Waals surface area (Å²) in [5.74, 6) is 0.324. The molecule has 1 heterocycles. The minimum Gasteiger partial charge on any atom is -0.438 e. The summed E-state index contributed by atoms with van der Waals surface area (Å²) >= 11 is 0. The zero-order valence-electron chi connectivity index (χ0n) is 10.3. The maximum absolute atomic E-state index is 11.7. The number of carbonyl (C=O) groups excluding carboxylic acids is 1. The van der Waals surface area contributed by atoms with Gasteiger partial charge < -0.3 is 14.6 Å². The number of carbonyl (C=O) groups is 1. The van der Waals surface area contributed by atoms with Gasteiger partial charge in [0.15, 0.2) is 6.39 Å². The van der Waals surface area contributed by atoms with Gasteiger partial charge in [0.25, 0.3) is 5.91 Å². The predicted octanol–water partition coefficient (Wildman–Crippen LogP) is 1.09. The molecule has 0 aliphatic rings. The number of aromatic nitrogens is 1. The SMILES string of the molecule is CC(C)c1ncoc1C(=O)NCCN(C)C. The van der Waals surface area contributed by atoms with Crippen molar-refractivity contribution in [3.05, 3.63) is 17.8 Å². The molecule has 0 radical (unpaired) electrons. The van der Waals surface area contributed by atoms with E-state index >= 15 is 0 Å². The third kappa shape index (κ3) is 3.34. The number of nitrogens with zero attached hydrogens (tertiary/aromatic N) is 2. The van der Waals surface area contributed by atoms with Crippen molar-refractivity contribution in [3.8, 4) is 0 Å². The topological polar surface area (TPSA) is 58.4 Å². The van der Waals surface area contributed by atoms with Crippen LogP contribution in [0.15, 0.2) is 10.8 Å². The van der Waals surface area contributed by atoms with E-state index in [0.29, 0.717) is 18.0 Å². The van der Waals surface area contributed by atoms with Gasteiger partial charge in [0.2, 0.25) is 5.76 Å². The molecule has 16 heavy (non-hydrogen) atoms.